The monoisotopic (exact) mass is 263 g/mol. The van der Waals surface area contributed by atoms with E-state index in [0.29, 0.717) is 23.3 Å². The van der Waals surface area contributed by atoms with Gasteiger partial charge < -0.3 is 19.6 Å². The molecule has 0 bridgehead atoms. The fourth-order valence-electron chi connectivity index (χ4n) is 1.89. The number of H-pyrrole nitrogens is 1. The summed E-state index contributed by atoms with van der Waals surface area (Å²) in [4.78, 5) is 14.5. The number of hydrogen-bond donors (Lipinski definition) is 2. The standard InChI is InChI=1S/C14H17NO4/c1-3-4-7-19-12-10-6-5-9(16)8-11(10)15-14(17)13(12)18-2/h5-6,8,16H,3-4,7H2,1-2H3,(H,15,17). The smallest absolute Gasteiger partial charge is 0.294 e. The number of aromatic amines is 1. The van der Waals surface area contributed by atoms with E-state index in [1.807, 2.05) is 0 Å². The van der Waals surface area contributed by atoms with Crippen molar-refractivity contribution in [3.8, 4) is 17.2 Å². The molecule has 0 atom stereocenters. The lowest BCUT2D eigenvalue weighted by molar-refractivity contribution is 0.290. The Morgan fingerprint density at radius 1 is 1.32 bits per heavy atom. The number of unbranched alkanes of at least 4 members (excludes halogenated alkanes) is 1. The molecule has 2 N–H and O–H groups in total. The minimum atomic E-state index is -0.368. The first kappa shape index (κ1) is 13.3. The summed E-state index contributed by atoms with van der Waals surface area (Å²) in [5.41, 5.74) is 0.157. The van der Waals surface area contributed by atoms with Crippen molar-refractivity contribution in [1.29, 1.82) is 0 Å². The molecule has 0 aliphatic carbocycles. The average molecular weight is 263 g/mol. The van der Waals surface area contributed by atoms with Gasteiger partial charge in [-0.1, -0.05) is 13.3 Å². The zero-order chi connectivity index (χ0) is 13.8. The first-order chi connectivity index (χ1) is 9.17. The zero-order valence-corrected chi connectivity index (χ0v) is 11.0. The molecule has 1 aromatic heterocycles. The van der Waals surface area contributed by atoms with Gasteiger partial charge >= 0.3 is 0 Å². The molecule has 0 aliphatic heterocycles. The predicted octanol–water partition coefficient (Wildman–Crippen LogP) is 2.42. The van der Waals surface area contributed by atoms with Gasteiger partial charge in [0, 0.05) is 11.5 Å². The van der Waals surface area contributed by atoms with Crippen molar-refractivity contribution in [2.75, 3.05) is 13.7 Å². The maximum absolute atomic E-state index is 11.9. The number of methoxy groups -OCH3 is 1. The molecule has 0 amide bonds. The Labute approximate surface area is 110 Å². The van der Waals surface area contributed by atoms with E-state index in [1.165, 1.54) is 13.2 Å². The van der Waals surface area contributed by atoms with Crippen LogP contribution in [0.5, 0.6) is 17.2 Å². The van der Waals surface area contributed by atoms with E-state index < -0.39 is 0 Å². The second kappa shape index (κ2) is 5.65. The molecule has 1 heterocycles. The average Bonchev–Trinajstić information content (AvgIpc) is 2.38. The van der Waals surface area contributed by atoms with Crippen LogP contribution in [0.1, 0.15) is 19.8 Å². The lowest BCUT2D eigenvalue weighted by Gasteiger charge is -2.12. The Kier molecular flexibility index (Phi) is 3.94. The zero-order valence-electron chi connectivity index (χ0n) is 11.0. The molecule has 0 saturated carbocycles. The highest BCUT2D eigenvalue weighted by atomic mass is 16.5. The summed E-state index contributed by atoms with van der Waals surface area (Å²) < 4.78 is 10.8. The molecule has 102 valence electrons. The summed E-state index contributed by atoms with van der Waals surface area (Å²) in [6, 6.07) is 4.74. The van der Waals surface area contributed by atoms with E-state index >= 15 is 0 Å². The molecule has 19 heavy (non-hydrogen) atoms. The molecule has 2 aromatic rings. The molecular formula is C14H17NO4. The molecular weight excluding hydrogens is 246 g/mol. The van der Waals surface area contributed by atoms with Crippen molar-refractivity contribution in [3.05, 3.63) is 28.6 Å². The quantitative estimate of drug-likeness (QED) is 0.813. The lowest BCUT2D eigenvalue weighted by atomic mass is 10.2. The molecule has 0 aliphatic rings. The molecule has 0 unspecified atom stereocenters. The Morgan fingerprint density at radius 2 is 2.11 bits per heavy atom. The highest BCUT2D eigenvalue weighted by Crippen LogP contribution is 2.32. The van der Waals surface area contributed by atoms with E-state index in [1.54, 1.807) is 12.1 Å². The minimum Gasteiger partial charge on any atom is -0.508 e. The van der Waals surface area contributed by atoms with Crippen LogP contribution >= 0.6 is 0 Å². The maximum atomic E-state index is 11.9. The van der Waals surface area contributed by atoms with E-state index in [-0.39, 0.29) is 17.1 Å². The Morgan fingerprint density at radius 3 is 2.79 bits per heavy atom. The first-order valence-electron chi connectivity index (χ1n) is 6.23. The Balaban J connectivity index is 2.57. The molecule has 0 spiro atoms. The van der Waals surface area contributed by atoms with Crippen LogP contribution in [0.25, 0.3) is 10.9 Å². The van der Waals surface area contributed by atoms with Crippen molar-refractivity contribution >= 4 is 10.9 Å². The number of phenolic OH excluding ortho intramolecular Hbond substituents is 1. The number of aromatic hydroxyl groups is 1. The van der Waals surface area contributed by atoms with Crippen molar-refractivity contribution < 1.29 is 14.6 Å². The fourth-order valence-corrected chi connectivity index (χ4v) is 1.89. The lowest BCUT2D eigenvalue weighted by Crippen LogP contribution is -2.12. The van der Waals surface area contributed by atoms with Crippen molar-refractivity contribution in [3.63, 3.8) is 0 Å². The van der Waals surface area contributed by atoms with Crippen LogP contribution in [0.4, 0.5) is 0 Å². The third-order valence-electron chi connectivity index (χ3n) is 2.86. The third kappa shape index (κ3) is 2.65. The van der Waals surface area contributed by atoms with Crippen LogP contribution in [0.15, 0.2) is 23.0 Å². The molecule has 0 radical (unpaired) electrons. The summed E-state index contributed by atoms with van der Waals surface area (Å²) >= 11 is 0. The second-order valence-electron chi connectivity index (χ2n) is 4.25. The highest BCUT2D eigenvalue weighted by molar-refractivity contribution is 5.88. The number of rotatable bonds is 5. The minimum absolute atomic E-state index is 0.0906. The summed E-state index contributed by atoms with van der Waals surface area (Å²) in [7, 11) is 1.43. The van der Waals surface area contributed by atoms with Crippen molar-refractivity contribution in [1.82, 2.24) is 4.98 Å². The van der Waals surface area contributed by atoms with Crippen LogP contribution < -0.4 is 15.0 Å². The van der Waals surface area contributed by atoms with Crippen LogP contribution in [-0.2, 0) is 0 Å². The largest absolute Gasteiger partial charge is 0.508 e. The van der Waals surface area contributed by atoms with Gasteiger partial charge in [-0.25, -0.2) is 0 Å². The Bertz CT molecular complexity index is 633. The molecule has 0 fully saturated rings. The van der Waals surface area contributed by atoms with Gasteiger partial charge in [0.25, 0.3) is 5.56 Å². The van der Waals surface area contributed by atoms with Crippen LogP contribution in [-0.4, -0.2) is 23.8 Å². The van der Waals surface area contributed by atoms with Gasteiger partial charge in [0.2, 0.25) is 5.75 Å². The number of fused-ring (bicyclic) bond motifs is 1. The van der Waals surface area contributed by atoms with Crippen LogP contribution in [0, 0.1) is 0 Å². The van der Waals surface area contributed by atoms with Gasteiger partial charge in [0.1, 0.15) is 5.75 Å². The van der Waals surface area contributed by atoms with Crippen LogP contribution in [0.2, 0.25) is 0 Å². The first-order valence-corrected chi connectivity index (χ1v) is 6.23. The third-order valence-corrected chi connectivity index (χ3v) is 2.86. The van der Waals surface area contributed by atoms with E-state index in [4.69, 9.17) is 9.47 Å². The van der Waals surface area contributed by atoms with Crippen molar-refractivity contribution in [2.24, 2.45) is 0 Å². The molecule has 2 rings (SSSR count). The summed E-state index contributed by atoms with van der Waals surface area (Å²) in [6.45, 7) is 2.58. The van der Waals surface area contributed by atoms with Gasteiger partial charge in [-0.3, -0.25) is 4.79 Å². The molecule has 0 saturated heterocycles. The summed E-state index contributed by atoms with van der Waals surface area (Å²) in [6.07, 6.45) is 1.90. The van der Waals surface area contributed by atoms with Gasteiger partial charge in [-0.15, -0.1) is 0 Å². The fraction of sp³-hybridized carbons (Fsp3) is 0.357. The van der Waals surface area contributed by atoms with E-state index in [2.05, 4.69) is 11.9 Å². The molecule has 1 aromatic carbocycles. The predicted molar refractivity (Wildman–Crippen MR) is 73.2 cm³/mol. The topological polar surface area (TPSA) is 71.5 Å². The van der Waals surface area contributed by atoms with Gasteiger partial charge in [0.05, 0.1) is 19.2 Å². The van der Waals surface area contributed by atoms with Gasteiger partial charge in [-0.05, 0) is 18.6 Å². The maximum Gasteiger partial charge on any atom is 0.294 e. The number of benzene rings is 1. The number of phenols is 1. The summed E-state index contributed by atoms with van der Waals surface area (Å²) in [5, 5.41) is 10.2. The van der Waals surface area contributed by atoms with Gasteiger partial charge in [-0.2, -0.15) is 0 Å². The normalized spacial score (nSPS) is 10.6. The highest BCUT2D eigenvalue weighted by Gasteiger charge is 2.14. The van der Waals surface area contributed by atoms with E-state index in [9.17, 15) is 9.90 Å². The summed E-state index contributed by atoms with van der Waals surface area (Å²) in [5.74, 6) is 0.678. The number of pyridine rings is 1. The Hall–Kier alpha value is -2.17. The number of nitrogens with one attached hydrogen (secondary N) is 1. The van der Waals surface area contributed by atoms with Gasteiger partial charge in [0.15, 0.2) is 5.75 Å². The number of ether oxygens (including phenoxy) is 2. The SMILES string of the molecule is CCCCOc1c(OC)c(=O)[nH]c2cc(O)ccc12. The number of hydrogen-bond acceptors (Lipinski definition) is 4. The van der Waals surface area contributed by atoms with E-state index in [0.717, 1.165) is 12.8 Å². The number of aromatic nitrogens is 1. The molecule has 5 heteroatoms. The molecule has 5 nitrogen and oxygen atoms in total. The van der Waals surface area contributed by atoms with Crippen LogP contribution in [0.3, 0.4) is 0 Å². The second-order valence-corrected chi connectivity index (χ2v) is 4.25. The van der Waals surface area contributed by atoms with Crippen molar-refractivity contribution in [2.45, 2.75) is 19.8 Å².